The first kappa shape index (κ1) is 10.2. The van der Waals surface area contributed by atoms with Crippen molar-refractivity contribution in [3.8, 4) is 0 Å². The van der Waals surface area contributed by atoms with E-state index in [-0.39, 0.29) is 5.91 Å². The Labute approximate surface area is 93.0 Å². The lowest BCUT2D eigenvalue weighted by Gasteiger charge is -2.19. The number of carbonyl (C=O) groups is 1. The Hall–Kier alpha value is -1.29. The van der Waals surface area contributed by atoms with Gasteiger partial charge in [0.05, 0.1) is 5.69 Å². The highest BCUT2D eigenvalue weighted by Gasteiger charge is 2.20. The molecule has 78 valence electrons. The second-order valence-corrected chi connectivity index (χ2v) is 4.86. The van der Waals surface area contributed by atoms with Crippen molar-refractivity contribution in [1.82, 2.24) is 5.32 Å². The van der Waals surface area contributed by atoms with Crippen LogP contribution in [0.25, 0.3) is 0 Å². The molecular formula is C11H12N2OS. The maximum absolute atomic E-state index is 11.3. The van der Waals surface area contributed by atoms with E-state index in [0.717, 1.165) is 5.69 Å². The molecule has 0 aromatic heterocycles. The van der Waals surface area contributed by atoms with Gasteiger partial charge in [-0.2, -0.15) is 0 Å². The molecular weight excluding hydrogens is 208 g/mol. The number of amidine groups is 1. The molecule has 3 nitrogen and oxygen atoms in total. The summed E-state index contributed by atoms with van der Waals surface area (Å²) < 4.78 is 0. The standard InChI is InChI=1S/C11H12N2OS/c1-8-7-10(14)13-11(15-8)12-9-5-3-2-4-6-9/h2-6,8H,7H2,1H3,(H,12,13,14). The van der Waals surface area contributed by atoms with Gasteiger partial charge in [-0.25, -0.2) is 4.99 Å². The maximum Gasteiger partial charge on any atom is 0.227 e. The molecule has 15 heavy (non-hydrogen) atoms. The molecule has 0 radical (unpaired) electrons. The summed E-state index contributed by atoms with van der Waals surface area (Å²) in [4.78, 5) is 15.6. The number of nitrogens with zero attached hydrogens (tertiary/aromatic N) is 1. The third kappa shape index (κ3) is 2.83. The largest absolute Gasteiger partial charge is 0.305 e. The molecule has 1 saturated heterocycles. The molecule has 0 saturated carbocycles. The van der Waals surface area contributed by atoms with Gasteiger partial charge in [0.1, 0.15) is 0 Å². The van der Waals surface area contributed by atoms with Crippen molar-refractivity contribution in [3.63, 3.8) is 0 Å². The fraction of sp³-hybridized carbons (Fsp3) is 0.273. The van der Waals surface area contributed by atoms with Crippen LogP contribution in [0.4, 0.5) is 5.69 Å². The van der Waals surface area contributed by atoms with Crippen molar-refractivity contribution in [2.45, 2.75) is 18.6 Å². The molecule has 1 N–H and O–H groups in total. The van der Waals surface area contributed by atoms with Crippen LogP contribution in [0.3, 0.4) is 0 Å². The number of rotatable bonds is 1. The lowest BCUT2D eigenvalue weighted by atomic mass is 10.3. The molecule has 1 amide bonds. The molecule has 0 bridgehead atoms. The predicted molar refractivity (Wildman–Crippen MR) is 63.3 cm³/mol. The van der Waals surface area contributed by atoms with Gasteiger partial charge < -0.3 is 5.32 Å². The average molecular weight is 220 g/mol. The van der Waals surface area contributed by atoms with Crippen molar-refractivity contribution in [2.75, 3.05) is 0 Å². The normalized spacial score (nSPS) is 23.9. The Morgan fingerprint density at radius 2 is 2.13 bits per heavy atom. The van der Waals surface area contributed by atoms with Crippen molar-refractivity contribution in [2.24, 2.45) is 4.99 Å². The highest BCUT2D eigenvalue weighted by molar-refractivity contribution is 8.14. The number of thioether (sulfide) groups is 1. The number of aliphatic imine (C=N–C) groups is 1. The molecule has 1 aliphatic rings. The number of benzene rings is 1. The van der Waals surface area contributed by atoms with E-state index in [2.05, 4.69) is 10.3 Å². The fourth-order valence-electron chi connectivity index (χ4n) is 1.37. The first-order chi connectivity index (χ1) is 7.24. The van der Waals surface area contributed by atoms with Crippen LogP contribution in [0, 0.1) is 0 Å². The second kappa shape index (κ2) is 4.49. The van der Waals surface area contributed by atoms with Crippen LogP contribution in [0.2, 0.25) is 0 Å². The SMILES string of the molecule is CC1CC(=O)NC(=Nc2ccccc2)S1. The zero-order valence-electron chi connectivity index (χ0n) is 8.43. The molecule has 1 aromatic rings. The number of para-hydroxylation sites is 1. The summed E-state index contributed by atoms with van der Waals surface area (Å²) in [6.07, 6.45) is 0.568. The van der Waals surface area contributed by atoms with E-state index in [1.165, 1.54) is 0 Å². The molecule has 4 heteroatoms. The van der Waals surface area contributed by atoms with Gasteiger partial charge in [-0.05, 0) is 12.1 Å². The van der Waals surface area contributed by atoms with Gasteiger partial charge in [0, 0.05) is 11.7 Å². The van der Waals surface area contributed by atoms with Crippen LogP contribution in [0.15, 0.2) is 35.3 Å². The summed E-state index contributed by atoms with van der Waals surface area (Å²) >= 11 is 1.60. The smallest absolute Gasteiger partial charge is 0.227 e. The third-order valence-electron chi connectivity index (χ3n) is 2.02. The Morgan fingerprint density at radius 3 is 2.80 bits per heavy atom. The lowest BCUT2D eigenvalue weighted by molar-refractivity contribution is -0.119. The van der Waals surface area contributed by atoms with Gasteiger partial charge in [-0.15, -0.1) is 0 Å². The van der Waals surface area contributed by atoms with Crippen LogP contribution in [-0.4, -0.2) is 16.3 Å². The molecule has 1 atom stereocenters. The minimum Gasteiger partial charge on any atom is -0.305 e. The van der Waals surface area contributed by atoms with E-state index in [1.54, 1.807) is 11.8 Å². The van der Waals surface area contributed by atoms with Gasteiger partial charge in [0.2, 0.25) is 5.91 Å². The van der Waals surface area contributed by atoms with E-state index >= 15 is 0 Å². The lowest BCUT2D eigenvalue weighted by Crippen LogP contribution is -2.36. The summed E-state index contributed by atoms with van der Waals surface area (Å²) in [6.45, 7) is 2.03. The van der Waals surface area contributed by atoms with E-state index in [0.29, 0.717) is 16.8 Å². The molecule has 1 aromatic carbocycles. The molecule has 1 unspecified atom stereocenters. The molecule has 1 heterocycles. The number of hydrogen-bond acceptors (Lipinski definition) is 3. The number of hydrogen-bond donors (Lipinski definition) is 1. The van der Waals surface area contributed by atoms with Gasteiger partial charge >= 0.3 is 0 Å². The Kier molecular flexibility index (Phi) is 3.06. The first-order valence-corrected chi connectivity index (χ1v) is 5.72. The summed E-state index contributed by atoms with van der Waals surface area (Å²) in [6, 6.07) is 9.63. The number of nitrogens with one attached hydrogen (secondary N) is 1. The highest BCUT2D eigenvalue weighted by atomic mass is 32.2. The zero-order chi connectivity index (χ0) is 10.7. The van der Waals surface area contributed by atoms with Crippen molar-refractivity contribution in [1.29, 1.82) is 0 Å². The Bertz CT molecular complexity index is 389. The molecule has 0 aliphatic carbocycles. The maximum atomic E-state index is 11.3. The average Bonchev–Trinajstić information content (AvgIpc) is 2.17. The van der Waals surface area contributed by atoms with Crippen LogP contribution in [-0.2, 0) is 4.79 Å². The second-order valence-electron chi connectivity index (χ2n) is 3.43. The minimum absolute atomic E-state index is 0.0518. The summed E-state index contributed by atoms with van der Waals surface area (Å²) in [7, 11) is 0. The fourth-order valence-corrected chi connectivity index (χ4v) is 2.31. The Morgan fingerprint density at radius 1 is 1.40 bits per heavy atom. The van der Waals surface area contributed by atoms with Crippen molar-refractivity contribution < 1.29 is 4.79 Å². The summed E-state index contributed by atoms with van der Waals surface area (Å²) in [5.41, 5.74) is 0.870. The third-order valence-corrected chi connectivity index (χ3v) is 3.00. The minimum atomic E-state index is 0.0518. The summed E-state index contributed by atoms with van der Waals surface area (Å²) in [5.74, 6) is 0.0518. The van der Waals surface area contributed by atoms with Crippen LogP contribution in [0.5, 0.6) is 0 Å². The Balaban J connectivity index is 2.16. The van der Waals surface area contributed by atoms with E-state index in [4.69, 9.17) is 0 Å². The monoisotopic (exact) mass is 220 g/mol. The first-order valence-electron chi connectivity index (χ1n) is 4.84. The van der Waals surface area contributed by atoms with Crippen LogP contribution < -0.4 is 5.32 Å². The topological polar surface area (TPSA) is 41.5 Å². The predicted octanol–water partition coefficient (Wildman–Crippen LogP) is 2.32. The molecule has 1 aliphatic heterocycles. The molecule has 2 rings (SSSR count). The van der Waals surface area contributed by atoms with Crippen molar-refractivity contribution in [3.05, 3.63) is 30.3 Å². The quantitative estimate of drug-likeness (QED) is 0.789. The van der Waals surface area contributed by atoms with Crippen LogP contribution >= 0.6 is 11.8 Å². The van der Waals surface area contributed by atoms with Gasteiger partial charge in [-0.1, -0.05) is 36.9 Å². The summed E-state index contributed by atoms with van der Waals surface area (Å²) in [5, 5.41) is 3.77. The van der Waals surface area contributed by atoms with Gasteiger partial charge in [-0.3, -0.25) is 4.79 Å². The van der Waals surface area contributed by atoms with Crippen LogP contribution in [0.1, 0.15) is 13.3 Å². The van der Waals surface area contributed by atoms with Gasteiger partial charge in [0.15, 0.2) is 5.17 Å². The highest BCUT2D eigenvalue weighted by Crippen LogP contribution is 2.22. The zero-order valence-corrected chi connectivity index (χ0v) is 9.25. The molecule has 1 fully saturated rings. The number of carbonyl (C=O) groups excluding carboxylic acids is 1. The van der Waals surface area contributed by atoms with E-state index < -0.39 is 0 Å². The van der Waals surface area contributed by atoms with E-state index in [9.17, 15) is 4.79 Å². The molecule has 0 spiro atoms. The van der Waals surface area contributed by atoms with E-state index in [1.807, 2.05) is 37.3 Å². The number of amides is 1. The van der Waals surface area contributed by atoms with Crippen molar-refractivity contribution >= 4 is 28.5 Å². The van der Waals surface area contributed by atoms with Gasteiger partial charge in [0.25, 0.3) is 0 Å².